The summed E-state index contributed by atoms with van der Waals surface area (Å²) in [6.45, 7) is 4.42. The molecule has 2 aliphatic rings. The fraction of sp³-hybridized carbons (Fsp3) is 0.818. The molecule has 0 saturated heterocycles. The van der Waals surface area contributed by atoms with E-state index in [1.807, 2.05) is 0 Å². The fourth-order valence-corrected chi connectivity index (χ4v) is 2.85. The first-order chi connectivity index (χ1) is 7.57. The second kappa shape index (κ2) is 3.40. The van der Waals surface area contributed by atoms with Gasteiger partial charge >= 0.3 is 0 Å². The van der Waals surface area contributed by atoms with Crippen LogP contribution in [0.1, 0.15) is 44.9 Å². The minimum absolute atomic E-state index is 0.172. The van der Waals surface area contributed by atoms with Gasteiger partial charge in [-0.25, -0.2) is 4.98 Å². The zero-order chi connectivity index (χ0) is 11.3. The summed E-state index contributed by atoms with van der Waals surface area (Å²) >= 11 is 1.48. The number of aromatic nitrogens is 2. The van der Waals surface area contributed by atoms with Gasteiger partial charge in [0.25, 0.3) is 0 Å². The zero-order valence-electron chi connectivity index (χ0n) is 9.73. The van der Waals surface area contributed by atoms with Gasteiger partial charge in [-0.15, -0.1) is 0 Å². The Morgan fingerprint density at radius 2 is 2.19 bits per heavy atom. The monoisotopic (exact) mass is 238 g/mol. The highest BCUT2D eigenvalue weighted by Gasteiger charge is 2.46. The molecule has 2 aliphatic carbocycles. The maximum Gasteiger partial charge on any atom is 0.202 e. The van der Waals surface area contributed by atoms with Crippen molar-refractivity contribution >= 4 is 16.7 Å². The van der Waals surface area contributed by atoms with Crippen molar-refractivity contribution in [3.05, 3.63) is 5.82 Å². The van der Waals surface area contributed by atoms with E-state index in [0.29, 0.717) is 18.0 Å². The zero-order valence-corrected chi connectivity index (χ0v) is 10.5. The van der Waals surface area contributed by atoms with E-state index in [-0.39, 0.29) is 5.41 Å². The van der Waals surface area contributed by atoms with Crippen LogP contribution in [0.5, 0.6) is 0 Å². The standard InChI is InChI=1S/C11H18N4S/c1-11(2)7(12)5-8(11)13-10-14-9(15-16-10)6-3-4-6/h6-8H,3-5,12H2,1-2H3,(H,13,14,15). The Hall–Kier alpha value is -0.680. The van der Waals surface area contributed by atoms with E-state index >= 15 is 0 Å². The van der Waals surface area contributed by atoms with Gasteiger partial charge < -0.3 is 11.1 Å². The van der Waals surface area contributed by atoms with Crippen molar-refractivity contribution in [2.75, 3.05) is 5.32 Å². The molecule has 2 unspecified atom stereocenters. The first-order valence-electron chi connectivity index (χ1n) is 5.93. The molecule has 2 fully saturated rings. The van der Waals surface area contributed by atoms with Gasteiger partial charge in [-0.05, 0) is 19.3 Å². The Morgan fingerprint density at radius 3 is 2.75 bits per heavy atom. The lowest BCUT2D eigenvalue weighted by molar-refractivity contribution is 0.117. The summed E-state index contributed by atoms with van der Waals surface area (Å²) < 4.78 is 4.39. The number of hydrogen-bond acceptors (Lipinski definition) is 5. The van der Waals surface area contributed by atoms with Gasteiger partial charge in [0.05, 0.1) is 0 Å². The van der Waals surface area contributed by atoms with E-state index < -0.39 is 0 Å². The Balaban J connectivity index is 1.65. The first-order valence-corrected chi connectivity index (χ1v) is 6.70. The second-order valence-corrected chi connectivity index (χ2v) is 6.34. The van der Waals surface area contributed by atoms with Crippen molar-refractivity contribution in [3.8, 4) is 0 Å². The molecule has 0 amide bonds. The quantitative estimate of drug-likeness (QED) is 0.845. The Bertz CT molecular complexity index is 396. The van der Waals surface area contributed by atoms with Crippen molar-refractivity contribution in [2.45, 2.75) is 51.1 Å². The number of anilines is 1. The Labute approximate surface area is 99.8 Å². The summed E-state index contributed by atoms with van der Waals surface area (Å²) in [4.78, 5) is 4.54. The van der Waals surface area contributed by atoms with Crippen molar-refractivity contribution < 1.29 is 0 Å². The van der Waals surface area contributed by atoms with E-state index in [9.17, 15) is 0 Å². The summed E-state index contributed by atoms with van der Waals surface area (Å²) in [5.41, 5.74) is 6.16. The lowest BCUT2D eigenvalue weighted by atomic mass is 9.63. The summed E-state index contributed by atoms with van der Waals surface area (Å²) in [6.07, 6.45) is 3.55. The van der Waals surface area contributed by atoms with Gasteiger partial charge in [0.15, 0.2) is 0 Å². The predicted octanol–water partition coefficient (Wildman–Crippen LogP) is 1.95. The molecule has 3 N–H and O–H groups in total. The van der Waals surface area contributed by atoms with E-state index in [1.165, 1.54) is 24.4 Å². The molecule has 0 bridgehead atoms. The molecule has 1 aromatic heterocycles. The van der Waals surface area contributed by atoms with Crippen molar-refractivity contribution in [3.63, 3.8) is 0 Å². The lowest BCUT2D eigenvalue weighted by Gasteiger charge is -2.50. The first kappa shape index (κ1) is 10.5. The molecule has 4 nitrogen and oxygen atoms in total. The van der Waals surface area contributed by atoms with Gasteiger partial charge in [-0.3, -0.25) is 0 Å². The summed E-state index contributed by atoms with van der Waals surface area (Å²) in [5.74, 6) is 1.68. The summed E-state index contributed by atoms with van der Waals surface area (Å²) in [6, 6.07) is 0.753. The van der Waals surface area contributed by atoms with Crippen molar-refractivity contribution in [1.82, 2.24) is 9.36 Å². The smallest absolute Gasteiger partial charge is 0.202 e. The van der Waals surface area contributed by atoms with Gasteiger partial charge in [-0.2, -0.15) is 4.37 Å². The molecule has 3 rings (SSSR count). The Morgan fingerprint density at radius 1 is 1.44 bits per heavy atom. The minimum atomic E-state index is 0.172. The van der Waals surface area contributed by atoms with Gasteiger partial charge in [0.1, 0.15) is 5.82 Å². The molecule has 88 valence electrons. The molecule has 0 spiro atoms. The summed E-state index contributed by atoms with van der Waals surface area (Å²) in [7, 11) is 0. The van der Waals surface area contributed by atoms with E-state index in [2.05, 4.69) is 28.5 Å². The normalized spacial score (nSPS) is 32.2. The molecule has 2 atom stereocenters. The number of nitrogens with two attached hydrogens (primary N) is 1. The van der Waals surface area contributed by atoms with Gasteiger partial charge in [0.2, 0.25) is 5.13 Å². The van der Waals surface area contributed by atoms with Crippen LogP contribution < -0.4 is 11.1 Å². The van der Waals surface area contributed by atoms with E-state index in [1.54, 1.807) is 0 Å². The second-order valence-electron chi connectivity index (χ2n) is 5.59. The van der Waals surface area contributed by atoms with Crippen molar-refractivity contribution in [2.24, 2.45) is 11.1 Å². The minimum Gasteiger partial charge on any atom is -0.357 e. The number of nitrogens with zero attached hydrogens (tertiary/aromatic N) is 2. The largest absolute Gasteiger partial charge is 0.357 e. The van der Waals surface area contributed by atoms with Crippen LogP contribution in [-0.4, -0.2) is 21.4 Å². The third-order valence-electron chi connectivity index (χ3n) is 4.03. The number of hydrogen-bond donors (Lipinski definition) is 2. The average molecular weight is 238 g/mol. The maximum absolute atomic E-state index is 5.99. The van der Waals surface area contributed by atoms with E-state index in [4.69, 9.17) is 5.73 Å². The molecular weight excluding hydrogens is 220 g/mol. The number of nitrogens with one attached hydrogen (secondary N) is 1. The van der Waals surface area contributed by atoms with Crippen LogP contribution in [0.15, 0.2) is 0 Å². The molecule has 0 aliphatic heterocycles. The van der Waals surface area contributed by atoms with Crippen LogP contribution >= 0.6 is 11.5 Å². The van der Waals surface area contributed by atoms with Crippen LogP contribution in [0, 0.1) is 5.41 Å². The van der Waals surface area contributed by atoms with Gasteiger partial charge in [-0.1, -0.05) is 13.8 Å². The van der Waals surface area contributed by atoms with Crippen LogP contribution in [0.25, 0.3) is 0 Å². The molecule has 0 radical (unpaired) electrons. The third kappa shape index (κ3) is 1.62. The molecule has 2 saturated carbocycles. The third-order valence-corrected chi connectivity index (χ3v) is 4.69. The lowest BCUT2D eigenvalue weighted by Crippen LogP contribution is -2.61. The van der Waals surface area contributed by atoms with Crippen LogP contribution in [0.2, 0.25) is 0 Å². The van der Waals surface area contributed by atoms with Crippen LogP contribution in [-0.2, 0) is 0 Å². The molecule has 16 heavy (non-hydrogen) atoms. The van der Waals surface area contributed by atoms with Gasteiger partial charge in [0, 0.05) is 34.9 Å². The highest BCUT2D eigenvalue weighted by Crippen LogP contribution is 2.42. The fourth-order valence-electron chi connectivity index (χ4n) is 2.15. The highest BCUT2D eigenvalue weighted by molar-refractivity contribution is 7.09. The molecule has 0 aromatic carbocycles. The van der Waals surface area contributed by atoms with Crippen LogP contribution in [0.4, 0.5) is 5.13 Å². The Kier molecular flexibility index (Phi) is 2.23. The molecule has 5 heteroatoms. The SMILES string of the molecule is CC1(C)C(N)CC1Nc1nc(C2CC2)ns1. The van der Waals surface area contributed by atoms with Crippen molar-refractivity contribution in [1.29, 1.82) is 0 Å². The number of rotatable bonds is 3. The maximum atomic E-state index is 5.99. The molecular formula is C11H18N4S. The summed E-state index contributed by atoms with van der Waals surface area (Å²) in [5, 5.41) is 4.43. The van der Waals surface area contributed by atoms with E-state index in [0.717, 1.165) is 17.4 Å². The molecule has 1 aromatic rings. The average Bonchev–Trinajstić information content (AvgIpc) is 2.99. The highest BCUT2D eigenvalue weighted by atomic mass is 32.1. The predicted molar refractivity (Wildman–Crippen MR) is 65.7 cm³/mol. The molecule has 1 heterocycles. The van der Waals surface area contributed by atoms with Crippen LogP contribution in [0.3, 0.4) is 0 Å². The topological polar surface area (TPSA) is 63.8 Å².